The van der Waals surface area contributed by atoms with E-state index in [0.717, 1.165) is 28.9 Å². The molecule has 5 rings (SSSR count). The number of carbonyl (C=O) groups excluding carboxylic acids is 5. The Balaban J connectivity index is 1.34. The third-order valence-electron chi connectivity index (χ3n) is 8.92. The van der Waals surface area contributed by atoms with Crippen LogP contribution in [-0.4, -0.2) is 116 Å². The van der Waals surface area contributed by atoms with Crippen molar-refractivity contribution >= 4 is 45.2 Å². The molecule has 1 saturated heterocycles. The number of nitrogens with one attached hydrogen (secondary N) is 3. The van der Waals surface area contributed by atoms with Crippen LogP contribution in [0, 0.1) is 5.82 Å². The van der Waals surface area contributed by atoms with E-state index in [2.05, 4.69) is 20.9 Å². The molecule has 3 aromatic rings. The third-order valence-corrected chi connectivity index (χ3v) is 10.1. The highest BCUT2D eigenvalue weighted by Crippen LogP contribution is 2.26. The van der Waals surface area contributed by atoms with Crippen LogP contribution in [0.2, 0.25) is 0 Å². The summed E-state index contributed by atoms with van der Waals surface area (Å²) < 4.78 is 44.2. The Morgan fingerprint density at radius 1 is 1.04 bits per heavy atom. The molecule has 2 aliphatic rings. The zero-order valence-corrected chi connectivity index (χ0v) is 29.7. The van der Waals surface area contributed by atoms with Gasteiger partial charge in [0.1, 0.15) is 24.2 Å². The van der Waals surface area contributed by atoms with Crippen molar-refractivity contribution in [3.63, 3.8) is 0 Å². The summed E-state index contributed by atoms with van der Waals surface area (Å²) in [6.45, 7) is -0.238. The van der Waals surface area contributed by atoms with Gasteiger partial charge in [0.25, 0.3) is 5.91 Å². The molecule has 3 atom stereocenters. The fraction of sp³-hybridized carbons (Fsp3) is 0.371. The Bertz CT molecular complexity index is 1930. The molecule has 276 valence electrons. The van der Waals surface area contributed by atoms with E-state index in [0.29, 0.717) is 5.69 Å². The molecule has 17 heteroatoms. The zero-order chi connectivity index (χ0) is 37.6. The second-order valence-corrected chi connectivity index (χ2v) is 14.8. The van der Waals surface area contributed by atoms with Gasteiger partial charge in [0, 0.05) is 57.9 Å². The highest BCUT2D eigenvalue weighted by atomic mass is 32.2. The molecule has 6 amide bonds. The van der Waals surface area contributed by atoms with Crippen LogP contribution in [0.15, 0.2) is 71.9 Å². The molecule has 0 saturated carbocycles. The fourth-order valence-electron chi connectivity index (χ4n) is 6.08. The molecule has 52 heavy (non-hydrogen) atoms. The lowest BCUT2D eigenvalue weighted by Gasteiger charge is -2.28. The SMILES string of the molecule is CN1CC(=O)N2C[C@@H](NC(=O)Nc3ccc(S(C)(=O)=O)cc3)C[C@H]2COc2ccc(F)cc2C(=O)N(C)[C@H](C(=O)NCc2cccnc2)CCC1=O. The predicted octanol–water partition coefficient (Wildman–Crippen LogP) is 1.80. The number of ether oxygens (including phenoxy) is 1. The maximum atomic E-state index is 14.6. The monoisotopic (exact) mass is 737 g/mol. The minimum absolute atomic E-state index is 0.0231. The fourth-order valence-corrected chi connectivity index (χ4v) is 6.71. The van der Waals surface area contributed by atoms with Crippen LogP contribution >= 0.6 is 0 Å². The molecule has 15 nitrogen and oxygen atoms in total. The Morgan fingerprint density at radius 3 is 2.48 bits per heavy atom. The first-order chi connectivity index (χ1) is 24.7. The van der Waals surface area contributed by atoms with Crippen LogP contribution in [0.4, 0.5) is 14.9 Å². The molecule has 1 aromatic heterocycles. The molecular weight excluding hydrogens is 697 g/mol. The van der Waals surface area contributed by atoms with Gasteiger partial charge in [-0.2, -0.15) is 0 Å². The van der Waals surface area contributed by atoms with Crippen molar-refractivity contribution in [2.75, 3.05) is 45.4 Å². The standard InChI is InChI=1S/C35H40FN7O8S/c1-41-20-32(45)43-19-25(40-35(48)39-24-7-9-27(10-8-24)52(3,49)50)16-26(43)21-51-30-12-6-23(36)15-28(30)34(47)42(2)29(11-13-31(41)44)33(46)38-18-22-5-4-14-37-17-22/h4-10,12,14-15,17,25-26,29H,11,13,16,18-21H2,1-3H3,(H,38,46)(H2,39,40,48)/t25-,26-,29-/m0/s1. The maximum absolute atomic E-state index is 14.6. The van der Waals surface area contributed by atoms with Crippen molar-refractivity contribution in [3.8, 4) is 5.75 Å². The molecule has 0 aliphatic carbocycles. The molecule has 0 radical (unpaired) electrons. The van der Waals surface area contributed by atoms with Gasteiger partial charge in [-0.1, -0.05) is 6.07 Å². The molecular formula is C35H40FN7O8S. The molecule has 0 spiro atoms. The van der Waals surface area contributed by atoms with Crippen LogP contribution in [0.1, 0.15) is 35.2 Å². The first-order valence-electron chi connectivity index (χ1n) is 16.5. The number of nitrogens with zero attached hydrogens (tertiary/aromatic N) is 4. The number of likely N-dealkylation sites (N-methyl/N-ethyl adjacent to an activating group) is 2. The van der Waals surface area contributed by atoms with Gasteiger partial charge in [-0.05, 0) is 66.9 Å². The maximum Gasteiger partial charge on any atom is 0.319 e. The number of aromatic nitrogens is 1. The quantitative estimate of drug-likeness (QED) is 0.339. The van der Waals surface area contributed by atoms with E-state index >= 15 is 0 Å². The van der Waals surface area contributed by atoms with Gasteiger partial charge in [-0.25, -0.2) is 17.6 Å². The molecule has 2 aromatic carbocycles. The number of fused-ring (bicyclic) bond motifs is 2. The van der Waals surface area contributed by atoms with Gasteiger partial charge < -0.3 is 35.4 Å². The summed E-state index contributed by atoms with van der Waals surface area (Å²) in [7, 11) is -0.565. The summed E-state index contributed by atoms with van der Waals surface area (Å²) in [5.41, 5.74) is 0.915. The van der Waals surface area contributed by atoms with Crippen LogP contribution in [0.3, 0.4) is 0 Å². The Hall–Kier alpha value is -5.58. The van der Waals surface area contributed by atoms with E-state index in [-0.39, 0.29) is 61.7 Å². The number of hydrogen-bond acceptors (Lipinski definition) is 9. The number of rotatable bonds is 6. The summed E-state index contributed by atoms with van der Waals surface area (Å²) in [6, 6.07) is 9.69. The lowest BCUT2D eigenvalue weighted by Crippen LogP contribution is -2.48. The van der Waals surface area contributed by atoms with Gasteiger partial charge >= 0.3 is 6.03 Å². The third kappa shape index (κ3) is 9.39. The van der Waals surface area contributed by atoms with E-state index in [1.54, 1.807) is 24.5 Å². The molecule has 3 N–H and O–H groups in total. The number of carbonyl (C=O) groups is 5. The predicted molar refractivity (Wildman–Crippen MR) is 186 cm³/mol. The van der Waals surface area contributed by atoms with Crippen LogP contribution in [0.5, 0.6) is 5.75 Å². The first-order valence-corrected chi connectivity index (χ1v) is 18.4. The lowest BCUT2D eigenvalue weighted by atomic mass is 10.1. The summed E-state index contributed by atoms with van der Waals surface area (Å²) in [6.07, 6.45) is 4.23. The van der Waals surface area contributed by atoms with Gasteiger partial charge in [0.05, 0.1) is 29.1 Å². The number of anilines is 1. The summed E-state index contributed by atoms with van der Waals surface area (Å²) >= 11 is 0. The molecule has 1 fully saturated rings. The molecule has 0 unspecified atom stereocenters. The normalized spacial score (nSPS) is 20.2. The number of urea groups is 1. The summed E-state index contributed by atoms with van der Waals surface area (Å²) in [5.74, 6) is -2.80. The van der Waals surface area contributed by atoms with Gasteiger partial charge in [-0.15, -0.1) is 0 Å². The summed E-state index contributed by atoms with van der Waals surface area (Å²) in [5, 5.41) is 8.24. The van der Waals surface area contributed by atoms with Crippen molar-refractivity contribution in [1.82, 2.24) is 30.3 Å². The second kappa shape index (κ2) is 16.2. The topological polar surface area (TPSA) is 187 Å². The first kappa shape index (κ1) is 37.7. The molecule has 0 bridgehead atoms. The Kier molecular flexibility index (Phi) is 11.7. The Morgan fingerprint density at radius 2 is 1.79 bits per heavy atom. The van der Waals surface area contributed by atoms with E-state index in [9.17, 15) is 36.8 Å². The van der Waals surface area contributed by atoms with Crippen molar-refractivity contribution in [3.05, 3.63) is 83.9 Å². The van der Waals surface area contributed by atoms with Crippen molar-refractivity contribution in [1.29, 1.82) is 0 Å². The van der Waals surface area contributed by atoms with E-state index in [4.69, 9.17) is 4.74 Å². The van der Waals surface area contributed by atoms with Crippen molar-refractivity contribution < 1.29 is 41.5 Å². The van der Waals surface area contributed by atoms with E-state index < -0.39 is 63.4 Å². The number of benzene rings is 2. The molecule has 2 aliphatic heterocycles. The van der Waals surface area contributed by atoms with E-state index in [1.807, 2.05) is 0 Å². The number of sulfone groups is 1. The van der Waals surface area contributed by atoms with Gasteiger partial charge in [-0.3, -0.25) is 24.2 Å². The largest absolute Gasteiger partial charge is 0.491 e. The number of pyridine rings is 1. The highest BCUT2D eigenvalue weighted by Gasteiger charge is 2.38. The van der Waals surface area contributed by atoms with Gasteiger partial charge in [0.15, 0.2) is 9.84 Å². The smallest absolute Gasteiger partial charge is 0.319 e. The lowest BCUT2D eigenvalue weighted by molar-refractivity contribution is -0.140. The highest BCUT2D eigenvalue weighted by molar-refractivity contribution is 7.90. The van der Waals surface area contributed by atoms with Gasteiger partial charge in [0.2, 0.25) is 17.7 Å². The number of hydrogen-bond donors (Lipinski definition) is 3. The van der Waals surface area contributed by atoms with E-state index in [1.165, 1.54) is 54.2 Å². The van der Waals surface area contributed by atoms with Crippen molar-refractivity contribution in [2.24, 2.45) is 0 Å². The van der Waals surface area contributed by atoms with Crippen LogP contribution in [0.25, 0.3) is 0 Å². The second-order valence-electron chi connectivity index (χ2n) is 12.8. The minimum Gasteiger partial charge on any atom is -0.491 e. The van der Waals surface area contributed by atoms with Crippen LogP contribution < -0.4 is 20.7 Å². The summed E-state index contributed by atoms with van der Waals surface area (Å²) in [4.78, 5) is 75.1. The van der Waals surface area contributed by atoms with Crippen LogP contribution in [-0.2, 0) is 30.8 Å². The zero-order valence-electron chi connectivity index (χ0n) is 28.9. The number of amides is 6. The van der Waals surface area contributed by atoms with Crippen molar-refractivity contribution in [2.45, 2.75) is 48.8 Å². The average molecular weight is 738 g/mol. The Labute approximate surface area is 300 Å². The molecule has 3 heterocycles. The minimum atomic E-state index is -3.42. The number of halogens is 1. The average Bonchev–Trinajstić information content (AvgIpc) is 3.51.